The number of esters is 1. The molecule has 1 aliphatic rings. The van der Waals surface area contributed by atoms with Gasteiger partial charge >= 0.3 is 5.97 Å². The number of carbonyl (C=O) groups excluding carboxylic acids is 2. The number of nitrogens with one attached hydrogen (secondary N) is 2. The van der Waals surface area contributed by atoms with Gasteiger partial charge in [-0.3, -0.25) is 4.79 Å². The van der Waals surface area contributed by atoms with E-state index in [1.54, 1.807) is 19.1 Å². The molecule has 1 aliphatic heterocycles. The average molecular weight is 446 g/mol. The number of hydrogen-bond acceptors (Lipinski definition) is 5. The molecule has 1 fully saturated rings. The van der Waals surface area contributed by atoms with E-state index in [1.165, 1.54) is 23.4 Å². The summed E-state index contributed by atoms with van der Waals surface area (Å²) in [5.74, 6) is -0.752. The fourth-order valence-corrected chi connectivity index (χ4v) is 4.54. The first-order valence-corrected chi connectivity index (χ1v) is 11.4. The lowest BCUT2D eigenvalue weighted by atomic mass is 9.99. The van der Waals surface area contributed by atoms with Crippen LogP contribution in [0.5, 0.6) is 0 Å². The number of ether oxygens (including phenoxy) is 1. The smallest absolute Gasteiger partial charge is 0.328 e. The van der Waals surface area contributed by atoms with Crippen LogP contribution in [0, 0.1) is 0 Å². The highest BCUT2D eigenvalue weighted by molar-refractivity contribution is 5.97. The van der Waals surface area contributed by atoms with Crippen LogP contribution in [0.1, 0.15) is 42.2 Å². The van der Waals surface area contributed by atoms with E-state index < -0.39 is 12.0 Å². The largest absolute Gasteiger partial charge is 0.467 e. The van der Waals surface area contributed by atoms with Crippen LogP contribution < -0.4 is 15.5 Å². The Morgan fingerprint density at radius 3 is 2.48 bits per heavy atom. The highest BCUT2D eigenvalue weighted by atomic mass is 16.5. The van der Waals surface area contributed by atoms with Gasteiger partial charge in [0.25, 0.3) is 5.91 Å². The Kier molecular flexibility index (Phi) is 6.94. The number of rotatable bonds is 7. The fraction of sp³-hybridized carbons (Fsp3) is 0.333. The monoisotopic (exact) mass is 445 g/mol. The van der Waals surface area contributed by atoms with Crippen molar-refractivity contribution in [3.63, 3.8) is 0 Å². The maximum atomic E-state index is 12.4. The first-order valence-electron chi connectivity index (χ1n) is 11.4. The van der Waals surface area contributed by atoms with Crippen LogP contribution in [0.25, 0.3) is 10.8 Å². The molecule has 1 saturated heterocycles. The molecule has 4 rings (SSSR count). The van der Waals surface area contributed by atoms with Crippen molar-refractivity contribution in [1.29, 1.82) is 0 Å². The van der Waals surface area contributed by atoms with Crippen LogP contribution in [-0.4, -0.2) is 44.2 Å². The zero-order valence-electron chi connectivity index (χ0n) is 19.4. The zero-order chi connectivity index (χ0) is 23.4. The van der Waals surface area contributed by atoms with Gasteiger partial charge < -0.3 is 20.3 Å². The van der Waals surface area contributed by atoms with E-state index in [2.05, 4.69) is 69.7 Å². The van der Waals surface area contributed by atoms with E-state index >= 15 is 0 Å². The second-order valence-electron chi connectivity index (χ2n) is 8.65. The van der Waals surface area contributed by atoms with Crippen LogP contribution in [0.15, 0.2) is 66.7 Å². The summed E-state index contributed by atoms with van der Waals surface area (Å²) in [7, 11) is 1.31. The normalized spacial score (nSPS) is 17.5. The van der Waals surface area contributed by atoms with Gasteiger partial charge in [-0.05, 0) is 60.9 Å². The van der Waals surface area contributed by atoms with Gasteiger partial charge in [0, 0.05) is 36.4 Å². The van der Waals surface area contributed by atoms with Crippen LogP contribution in [0.4, 0.5) is 5.69 Å². The van der Waals surface area contributed by atoms with E-state index in [1.807, 2.05) is 12.1 Å². The minimum Gasteiger partial charge on any atom is -0.467 e. The molecule has 3 aromatic carbocycles. The average Bonchev–Trinajstić information content (AvgIpc) is 3.31. The SMILES string of the molecule is COC(=O)[C@H](C)NC(=O)c1ccc(N2CC[C@H](N[C@H](C)c3cccc4ccccc34)C2)cc1. The summed E-state index contributed by atoms with van der Waals surface area (Å²) in [5, 5.41) is 9.02. The van der Waals surface area contributed by atoms with Crippen molar-refractivity contribution in [2.75, 3.05) is 25.1 Å². The first kappa shape index (κ1) is 22.8. The number of fused-ring (bicyclic) bond motifs is 1. The third-order valence-electron chi connectivity index (χ3n) is 6.36. The molecule has 3 atom stereocenters. The molecule has 2 N–H and O–H groups in total. The number of nitrogens with zero attached hydrogens (tertiary/aromatic N) is 1. The maximum absolute atomic E-state index is 12.4. The fourth-order valence-electron chi connectivity index (χ4n) is 4.54. The predicted molar refractivity (Wildman–Crippen MR) is 132 cm³/mol. The Morgan fingerprint density at radius 2 is 1.73 bits per heavy atom. The Balaban J connectivity index is 1.36. The van der Waals surface area contributed by atoms with Gasteiger partial charge in [0.2, 0.25) is 0 Å². The lowest BCUT2D eigenvalue weighted by Crippen LogP contribution is -2.39. The van der Waals surface area contributed by atoms with Gasteiger partial charge in [0.1, 0.15) is 6.04 Å². The van der Waals surface area contributed by atoms with Crippen LogP contribution in [0.3, 0.4) is 0 Å². The third kappa shape index (κ3) is 5.17. The molecule has 0 aromatic heterocycles. The van der Waals surface area contributed by atoms with Gasteiger partial charge in [-0.2, -0.15) is 0 Å². The molecule has 0 radical (unpaired) electrons. The van der Waals surface area contributed by atoms with Crippen LogP contribution in [0.2, 0.25) is 0 Å². The van der Waals surface area contributed by atoms with Gasteiger partial charge in [0.15, 0.2) is 0 Å². The predicted octanol–water partition coefficient (Wildman–Crippen LogP) is 4.06. The number of carbonyl (C=O) groups is 2. The molecule has 1 amide bonds. The maximum Gasteiger partial charge on any atom is 0.328 e. The Labute approximate surface area is 194 Å². The highest BCUT2D eigenvalue weighted by Crippen LogP contribution is 2.27. The van der Waals surface area contributed by atoms with Crippen molar-refractivity contribution >= 4 is 28.3 Å². The third-order valence-corrected chi connectivity index (χ3v) is 6.36. The number of methoxy groups -OCH3 is 1. The second kappa shape index (κ2) is 10.0. The molecule has 0 unspecified atom stereocenters. The molecule has 172 valence electrons. The molecule has 0 aliphatic carbocycles. The summed E-state index contributed by atoms with van der Waals surface area (Å²) in [5.41, 5.74) is 2.94. The van der Waals surface area contributed by atoms with Crippen molar-refractivity contribution in [3.05, 3.63) is 77.9 Å². The number of benzene rings is 3. The molecule has 1 heterocycles. The summed E-state index contributed by atoms with van der Waals surface area (Å²) in [6.07, 6.45) is 1.06. The van der Waals surface area contributed by atoms with E-state index in [0.717, 1.165) is 25.2 Å². The van der Waals surface area contributed by atoms with Crippen molar-refractivity contribution in [2.45, 2.75) is 38.4 Å². The molecule has 6 heteroatoms. The summed E-state index contributed by atoms with van der Waals surface area (Å²) >= 11 is 0. The summed E-state index contributed by atoms with van der Waals surface area (Å²) < 4.78 is 4.66. The molecule has 6 nitrogen and oxygen atoms in total. The standard InChI is InChI=1S/C27H31N3O3/c1-18(24-10-6-8-20-7-4-5-9-25(20)24)28-22-15-16-30(17-22)23-13-11-21(12-14-23)26(31)29-19(2)27(32)33-3/h4-14,18-19,22,28H,15-17H2,1-3H3,(H,29,31)/t18-,19+,22+/m1/s1. The van der Waals surface area contributed by atoms with Gasteiger partial charge in [-0.1, -0.05) is 42.5 Å². The second-order valence-corrected chi connectivity index (χ2v) is 8.65. The molecule has 33 heavy (non-hydrogen) atoms. The van der Waals surface area contributed by atoms with Gasteiger partial charge in [0.05, 0.1) is 7.11 Å². The zero-order valence-corrected chi connectivity index (χ0v) is 19.4. The summed E-state index contributed by atoms with van der Waals surface area (Å²) in [6, 6.07) is 22.5. The van der Waals surface area contributed by atoms with Crippen molar-refractivity contribution in [1.82, 2.24) is 10.6 Å². The molecule has 0 bridgehead atoms. The Hall–Kier alpha value is -3.38. The topological polar surface area (TPSA) is 70.7 Å². The Bertz CT molecular complexity index is 1120. The van der Waals surface area contributed by atoms with Crippen LogP contribution >= 0.6 is 0 Å². The van der Waals surface area contributed by atoms with E-state index in [4.69, 9.17) is 0 Å². The van der Waals surface area contributed by atoms with E-state index in [-0.39, 0.29) is 11.9 Å². The minimum absolute atomic E-state index is 0.254. The minimum atomic E-state index is -0.684. The number of anilines is 1. The van der Waals surface area contributed by atoms with Crippen molar-refractivity contribution < 1.29 is 14.3 Å². The quantitative estimate of drug-likeness (QED) is 0.537. The van der Waals surface area contributed by atoms with E-state index in [0.29, 0.717) is 11.6 Å². The molecule has 3 aromatic rings. The number of amides is 1. The molecular formula is C27H31N3O3. The van der Waals surface area contributed by atoms with Gasteiger partial charge in [-0.25, -0.2) is 4.79 Å². The molecule has 0 spiro atoms. The summed E-state index contributed by atoms with van der Waals surface area (Å²) in [4.78, 5) is 26.2. The van der Waals surface area contributed by atoms with Crippen molar-refractivity contribution in [3.8, 4) is 0 Å². The molecule has 0 saturated carbocycles. The molecular weight excluding hydrogens is 414 g/mol. The van der Waals surface area contributed by atoms with E-state index in [9.17, 15) is 9.59 Å². The number of hydrogen-bond donors (Lipinski definition) is 2. The van der Waals surface area contributed by atoms with Gasteiger partial charge in [-0.15, -0.1) is 0 Å². The summed E-state index contributed by atoms with van der Waals surface area (Å²) in [6.45, 7) is 5.72. The first-order chi connectivity index (χ1) is 16.0. The lowest BCUT2D eigenvalue weighted by Gasteiger charge is -2.23. The van der Waals surface area contributed by atoms with Crippen molar-refractivity contribution in [2.24, 2.45) is 0 Å². The van der Waals surface area contributed by atoms with Crippen LogP contribution in [-0.2, 0) is 9.53 Å². The Morgan fingerprint density at radius 1 is 1.00 bits per heavy atom. The lowest BCUT2D eigenvalue weighted by molar-refractivity contribution is -0.142. The highest BCUT2D eigenvalue weighted by Gasteiger charge is 2.25.